The molecule has 1 N–H and O–H groups in total. The average molecular weight is 285 g/mol. The lowest BCUT2D eigenvalue weighted by molar-refractivity contribution is -0.110. The lowest BCUT2D eigenvalue weighted by atomic mass is 10.1. The molecule has 1 heterocycles. The van der Waals surface area contributed by atoms with E-state index in [2.05, 4.69) is 10.3 Å². The smallest absolute Gasteiger partial charge is 0.275 e. The Morgan fingerprint density at radius 2 is 1.85 bits per heavy atom. The number of hydrogen-bond acceptors (Lipinski definition) is 2. The second-order valence-electron chi connectivity index (χ2n) is 4.80. The molecule has 0 saturated carbocycles. The van der Waals surface area contributed by atoms with Gasteiger partial charge in [-0.05, 0) is 37.1 Å². The molecule has 0 saturated heterocycles. The molecule has 0 unspecified atom stereocenters. The van der Waals surface area contributed by atoms with Crippen LogP contribution in [0, 0.1) is 13.8 Å². The van der Waals surface area contributed by atoms with Crippen molar-refractivity contribution in [2.45, 2.75) is 13.8 Å². The number of hydrogen-bond donors (Lipinski definition) is 1. The second-order valence-corrected chi connectivity index (χ2v) is 5.20. The molecule has 1 aliphatic heterocycles. The average Bonchev–Trinajstić information content (AvgIpc) is 2.74. The molecule has 0 fully saturated rings. The summed E-state index contributed by atoms with van der Waals surface area (Å²) in [6.45, 7) is 4.03. The van der Waals surface area contributed by atoms with E-state index in [4.69, 9.17) is 11.6 Å². The minimum Gasteiger partial charge on any atom is -0.319 e. The van der Waals surface area contributed by atoms with Crippen molar-refractivity contribution in [2.75, 3.05) is 5.32 Å². The summed E-state index contributed by atoms with van der Waals surface area (Å²) in [7, 11) is 0. The third-order valence-electron chi connectivity index (χ3n) is 3.53. The number of anilines is 1. The van der Waals surface area contributed by atoms with Crippen LogP contribution >= 0.6 is 11.6 Å². The zero-order valence-corrected chi connectivity index (χ0v) is 12.0. The number of nitrogens with one attached hydrogen (secondary N) is 1. The summed E-state index contributed by atoms with van der Waals surface area (Å²) in [5, 5.41) is 3.30. The maximum atomic E-state index is 12.1. The van der Waals surface area contributed by atoms with Gasteiger partial charge in [-0.25, -0.2) is 4.99 Å². The lowest BCUT2D eigenvalue weighted by Crippen LogP contribution is -2.14. The summed E-state index contributed by atoms with van der Waals surface area (Å²) < 4.78 is 0. The Morgan fingerprint density at radius 3 is 2.65 bits per heavy atom. The predicted octanol–water partition coefficient (Wildman–Crippen LogP) is 4.03. The van der Waals surface area contributed by atoms with Crippen molar-refractivity contribution in [1.82, 2.24) is 0 Å². The number of carbonyl (C=O) groups excluding carboxylic acids is 1. The molecule has 0 spiro atoms. The van der Waals surface area contributed by atoms with Gasteiger partial charge in [0.05, 0.1) is 16.4 Å². The van der Waals surface area contributed by atoms with Crippen LogP contribution in [-0.2, 0) is 4.79 Å². The molecule has 1 aliphatic rings. The highest BCUT2D eigenvalue weighted by molar-refractivity contribution is 6.55. The molecule has 0 bridgehead atoms. The molecule has 0 aromatic heterocycles. The normalized spacial score (nSPS) is 15.3. The van der Waals surface area contributed by atoms with Crippen LogP contribution in [0.25, 0.3) is 0 Å². The number of nitrogens with zero attached hydrogens (tertiary/aromatic N) is 1. The van der Waals surface area contributed by atoms with Crippen molar-refractivity contribution in [3.8, 4) is 0 Å². The van der Waals surface area contributed by atoms with E-state index in [0.717, 1.165) is 22.4 Å². The summed E-state index contributed by atoms with van der Waals surface area (Å²) in [5.41, 5.74) is 4.84. The van der Waals surface area contributed by atoms with Crippen molar-refractivity contribution in [3.05, 3.63) is 58.1 Å². The van der Waals surface area contributed by atoms with Gasteiger partial charge in [-0.2, -0.15) is 0 Å². The molecular weight excluding hydrogens is 272 g/mol. The van der Waals surface area contributed by atoms with Crippen molar-refractivity contribution in [3.63, 3.8) is 0 Å². The van der Waals surface area contributed by atoms with E-state index in [1.54, 1.807) is 6.07 Å². The molecular formula is C16H13ClN2O. The molecule has 1 amide bonds. The molecule has 0 aliphatic carbocycles. The third-order valence-corrected chi connectivity index (χ3v) is 3.85. The Hall–Kier alpha value is -2.13. The molecule has 4 heteroatoms. The third kappa shape index (κ3) is 2.00. The summed E-state index contributed by atoms with van der Waals surface area (Å²) in [6.07, 6.45) is 0. The van der Waals surface area contributed by atoms with E-state index >= 15 is 0 Å². The fourth-order valence-corrected chi connectivity index (χ4v) is 2.45. The van der Waals surface area contributed by atoms with E-state index in [9.17, 15) is 4.79 Å². The number of aliphatic imine (C=N–C) groups is 1. The van der Waals surface area contributed by atoms with E-state index in [-0.39, 0.29) is 5.91 Å². The van der Waals surface area contributed by atoms with Crippen LogP contribution in [0.1, 0.15) is 16.7 Å². The van der Waals surface area contributed by atoms with Crippen LogP contribution in [0.15, 0.2) is 41.4 Å². The SMILES string of the molecule is Cc1cccc(N=C2C(=O)Nc3c(Cl)cccc32)c1C. The standard InChI is InChI=1S/C16H13ClN2O/c1-9-5-3-8-13(10(9)2)18-15-11-6-4-7-12(17)14(11)19-16(15)20/h3-8H,1-2H3,(H,18,19,20). The van der Waals surface area contributed by atoms with E-state index in [1.807, 2.05) is 44.2 Å². The highest BCUT2D eigenvalue weighted by Gasteiger charge is 2.27. The quantitative estimate of drug-likeness (QED) is 0.844. The summed E-state index contributed by atoms with van der Waals surface area (Å²) in [4.78, 5) is 16.6. The zero-order valence-electron chi connectivity index (χ0n) is 11.2. The molecule has 20 heavy (non-hydrogen) atoms. The van der Waals surface area contributed by atoms with Gasteiger partial charge < -0.3 is 5.32 Å². The van der Waals surface area contributed by atoms with Crippen LogP contribution in [-0.4, -0.2) is 11.6 Å². The number of aryl methyl sites for hydroxylation is 1. The van der Waals surface area contributed by atoms with Crippen molar-refractivity contribution in [2.24, 2.45) is 4.99 Å². The van der Waals surface area contributed by atoms with E-state index in [0.29, 0.717) is 16.4 Å². The zero-order chi connectivity index (χ0) is 14.3. The first kappa shape index (κ1) is 12.9. The number of para-hydroxylation sites is 1. The monoisotopic (exact) mass is 284 g/mol. The van der Waals surface area contributed by atoms with Crippen molar-refractivity contribution < 1.29 is 4.79 Å². The van der Waals surface area contributed by atoms with E-state index < -0.39 is 0 Å². The van der Waals surface area contributed by atoms with Crippen molar-refractivity contribution in [1.29, 1.82) is 0 Å². The van der Waals surface area contributed by atoms with Crippen LogP contribution in [0.4, 0.5) is 11.4 Å². The summed E-state index contributed by atoms with van der Waals surface area (Å²) in [5.74, 6) is -0.214. The topological polar surface area (TPSA) is 41.5 Å². The number of carbonyl (C=O) groups is 1. The number of halogens is 1. The Bertz CT molecular complexity index is 750. The number of fused-ring (bicyclic) bond motifs is 1. The number of rotatable bonds is 1. The lowest BCUT2D eigenvalue weighted by Gasteiger charge is -2.04. The molecule has 3 nitrogen and oxygen atoms in total. The molecule has 0 radical (unpaired) electrons. The van der Waals surface area contributed by atoms with Crippen LogP contribution in [0.2, 0.25) is 5.02 Å². The summed E-state index contributed by atoms with van der Waals surface area (Å²) >= 11 is 6.09. The summed E-state index contributed by atoms with van der Waals surface area (Å²) in [6, 6.07) is 11.3. The molecule has 2 aromatic rings. The Balaban J connectivity index is 2.16. The molecule has 2 aromatic carbocycles. The first-order valence-electron chi connectivity index (χ1n) is 6.33. The molecule has 100 valence electrons. The van der Waals surface area contributed by atoms with Gasteiger partial charge in [0.25, 0.3) is 5.91 Å². The van der Waals surface area contributed by atoms with Gasteiger partial charge in [0, 0.05) is 5.56 Å². The van der Waals surface area contributed by atoms with E-state index in [1.165, 1.54) is 0 Å². The van der Waals surface area contributed by atoms with Gasteiger partial charge in [0.2, 0.25) is 0 Å². The Kier molecular flexibility index (Phi) is 3.07. The fraction of sp³-hybridized carbons (Fsp3) is 0.125. The van der Waals surface area contributed by atoms with Gasteiger partial charge in [0.1, 0.15) is 5.71 Å². The van der Waals surface area contributed by atoms with Crippen LogP contribution < -0.4 is 5.32 Å². The van der Waals surface area contributed by atoms with Crippen LogP contribution in [0.5, 0.6) is 0 Å². The van der Waals surface area contributed by atoms with Gasteiger partial charge in [-0.1, -0.05) is 35.9 Å². The Morgan fingerprint density at radius 1 is 1.10 bits per heavy atom. The highest BCUT2D eigenvalue weighted by atomic mass is 35.5. The maximum Gasteiger partial charge on any atom is 0.275 e. The maximum absolute atomic E-state index is 12.1. The number of benzene rings is 2. The van der Waals surface area contributed by atoms with Crippen molar-refractivity contribution >= 4 is 34.6 Å². The van der Waals surface area contributed by atoms with Gasteiger partial charge in [-0.15, -0.1) is 0 Å². The molecule has 3 rings (SSSR count). The fourth-order valence-electron chi connectivity index (χ4n) is 2.23. The van der Waals surface area contributed by atoms with Gasteiger partial charge >= 0.3 is 0 Å². The first-order valence-corrected chi connectivity index (χ1v) is 6.71. The molecule has 0 atom stereocenters. The minimum atomic E-state index is -0.214. The van der Waals surface area contributed by atoms with Gasteiger partial charge in [-0.3, -0.25) is 4.79 Å². The number of amides is 1. The van der Waals surface area contributed by atoms with Gasteiger partial charge in [0.15, 0.2) is 0 Å². The largest absolute Gasteiger partial charge is 0.319 e. The predicted molar refractivity (Wildman–Crippen MR) is 82.2 cm³/mol. The Labute approximate surface area is 122 Å². The minimum absolute atomic E-state index is 0.214. The van der Waals surface area contributed by atoms with Crippen LogP contribution in [0.3, 0.4) is 0 Å². The highest BCUT2D eigenvalue weighted by Crippen LogP contribution is 2.33. The first-order chi connectivity index (χ1) is 9.58. The second kappa shape index (κ2) is 4.76.